The van der Waals surface area contributed by atoms with E-state index in [1.807, 2.05) is 0 Å². The van der Waals surface area contributed by atoms with Crippen molar-refractivity contribution in [2.45, 2.75) is 52.6 Å². The second-order valence-corrected chi connectivity index (χ2v) is 6.79. The Labute approximate surface area is 133 Å². The molecule has 0 fully saturated rings. The van der Waals surface area contributed by atoms with E-state index in [9.17, 15) is 0 Å². The average Bonchev–Trinajstić information content (AvgIpc) is 2.50. The normalized spacial score (nSPS) is 17.0. The van der Waals surface area contributed by atoms with Crippen molar-refractivity contribution >= 4 is 10.9 Å². The van der Waals surface area contributed by atoms with Crippen LogP contribution in [0, 0.1) is 0 Å². The van der Waals surface area contributed by atoms with Crippen molar-refractivity contribution < 1.29 is 0 Å². The maximum atomic E-state index is 6.37. The molecule has 3 heteroatoms. The zero-order valence-corrected chi connectivity index (χ0v) is 14.2. The molecule has 1 aromatic carbocycles. The molecule has 0 saturated heterocycles. The summed E-state index contributed by atoms with van der Waals surface area (Å²) in [6, 6.07) is 6.72. The van der Waals surface area contributed by atoms with E-state index in [1.165, 1.54) is 27.8 Å². The summed E-state index contributed by atoms with van der Waals surface area (Å²) in [6.07, 6.45) is 1.03. The maximum absolute atomic E-state index is 6.37. The minimum atomic E-state index is 0.0402. The largest absolute Gasteiger partial charge is 0.324 e. The Morgan fingerprint density at radius 2 is 2.05 bits per heavy atom. The Bertz CT molecular complexity index is 689. The highest BCUT2D eigenvalue weighted by atomic mass is 15.1. The first-order chi connectivity index (χ1) is 10.5. The van der Waals surface area contributed by atoms with Gasteiger partial charge in [0.25, 0.3) is 0 Å². The second kappa shape index (κ2) is 5.98. The summed E-state index contributed by atoms with van der Waals surface area (Å²) in [5, 5.41) is 1.25. The molecule has 0 amide bonds. The van der Waals surface area contributed by atoms with Crippen LogP contribution in [0.15, 0.2) is 18.2 Å². The lowest BCUT2D eigenvalue weighted by Gasteiger charge is -2.30. The summed E-state index contributed by atoms with van der Waals surface area (Å²) in [4.78, 5) is 7.43. The molecule has 1 aliphatic heterocycles. The van der Waals surface area contributed by atoms with Crippen molar-refractivity contribution in [3.05, 3.63) is 40.6 Å². The first-order valence-corrected chi connectivity index (χ1v) is 8.44. The number of hydrogen-bond acceptors (Lipinski definition) is 3. The number of likely N-dealkylation sites (N-methyl/N-ethyl adjacent to an activating group) is 1. The summed E-state index contributed by atoms with van der Waals surface area (Å²) < 4.78 is 0. The van der Waals surface area contributed by atoms with Crippen LogP contribution < -0.4 is 5.73 Å². The highest BCUT2D eigenvalue weighted by Gasteiger charge is 2.23. The molecular weight excluding hydrogens is 270 g/mol. The van der Waals surface area contributed by atoms with Gasteiger partial charge in [-0.05, 0) is 48.2 Å². The SMILES string of the molecule is CCN1CCc2nc3ccc(C(C)C)cc3c(C(C)N)c2C1. The molecular formula is C19H27N3. The van der Waals surface area contributed by atoms with Gasteiger partial charge in [-0.1, -0.05) is 26.8 Å². The predicted octanol–water partition coefficient (Wildman–Crippen LogP) is 3.76. The van der Waals surface area contributed by atoms with Crippen molar-refractivity contribution in [1.82, 2.24) is 9.88 Å². The predicted molar refractivity (Wildman–Crippen MR) is 93.1 cm³/mol. The first-order valence-electron chi connectivity index (χ1n) is 8.44. The third-order valence-corrected chi connectivity index (χ3v) is 4.86. The van der Waals surface area contributed by atoms with E-state index >= 15 is 0 Å². The van der Waals surface area contributed by atoms with Crippen LogP contribution >= 0.6 is 0 Å². The van der Waals surface area contributed by atoms with E-state index in [2.05, 4.69) is 50.8 Å². The number of pyridine rings is 1. The maximum Gasteiger partial charge on any atom is 0.0709 e. The number of benzene rings is 1. The van der Waals surface area contributed by atoms with Gasteiger partial charge in [0.05, 0.1) is 5.52 Å². The fourth-order valence-corrected chi connectivity index (χ4v) is 3.50. The lowest BCUT2D eigenvalue weighted by Crippen LogP contribution is -2.32. The minimum absolute atomic E-state index is 0.0402. The van der Waals surface area contributed by atoms with E-state index in [1.54, 1.807) is 0 Å². The summed E-state index contributed by atoms with van der Waals surface area (Å²) in [6.45, 7) is 12.0. The molecule has 0 saturated carbocycles. The van der Waals surface area contributed by atoms with Gasteiger partial charge in [0.15, 0.2) is 0 Å². The van der Waals surface area contributed by atoms with Gasteiger partial charge in [-0.3, -0.25) is 9.88 Å². The zero-order chi connectivity index (χ0) is 15.9. The van der Waals surface area contributed by atoms with E-state index in [0.29, 0.717) is 5.92 Å². The Kier molecular flexibility index (Phi) is 4.20. The monoisotopic (exact) mass is 297 g/mol. The van der Waals surface area contributed by atoms with Crippen LogP contribution in [0.25, 0.3) is 10.9 Å². The van der Waals surface area contributed by atoms with Gasteiger partial charge in [-0.25, -0.2) is 0 Å². The van der Waals surface area contributed by atoms with Gasteiger partial charge in [0.1, 0.15) is 0 Å². The van der Waals surface area contributed by atoms with Crippen LogP contribution in [0.4, 0.5) is 0 Å². The molecule has 1 aliphatic rings. The molecule has 0 radical (unpaired) electrons. The van der Waals surface area contributed by atoms with Gasteiger partial charge in [-0.15, -0.1) is 0 Å². The van der Waals surface area contributed by atoms with E-state index < -0.39 is 0 Å². The van der Waals surface area contributed by atoms with Crippen molar-refractivity contribution in [2.24, 2.45) is 5.73 Å². The number of hydrogen-bond donors (Lipinski definition) is 1. The number of nitrogens with two attached hydrogens (primary N) is 1. The molecule has 1 atom stereocenters. The second-order valence-electron chi connectivity index (χ2n) is 6.79. The molecule has 2 aromatic rings. The summed E-state index contributed by atoms with van der Waals surface area (Å²) in [7, 11) is 0. The van der Waals surface area contributed by atoms with Crippen molar-refractivity contribution in [3.8, 4) is 0 Å². The zero-order valence-electron chi connectivity index (χ0n) is 14.2. The molecule has 0 spiro atoms. The Balaban J connectivity index is 2.25. The van der Waals surface area contributed by atoms with Crippen LogP contribution in [-0.2, 0) is 13.0 Å². The number of rotatable bonds is 3. The van der Waals surface area contributed by atoms with Crippen LogP contribution in [0.2, 0.25) is 0 Å². The van der Waals surface area contributed by atoms with Gasteiger partial charge in [0, 0.05) is 36.6 Å². The molecule has 3 rings (SSSR count). The summed E-state index contributed by atoms with van der Waals surface area (Å²) >= 11 is 0. The first kappa shape index (κ1) is 15.4. The van der Waals surface area contributed by atoms with Gasteiger partial charge in [0.2, 0.25) is 0 Å². The number of fused-ring (bicyclic) bond motifs is 2. The highest BCUT2D eigenvalue weighted by molar-refractivity contribution is 5.85. The van der Waals surface area contributed by atoms with Crippen LogP contribution in [0.3, 0.4) is 0 Å². The van der Waals surface area contributed by atoms with Crippen molar-refractivity contribution in [2.75, 3.05) is 13.1 Å². The topological polar surface area (TPSA) is 42.2 Å². The van der Waals surface area contributed by atoms with Crippen molar-refractivity contribution in [1.29, 1.82) is 0 Å². The molecule has 118 valence electrons. The van der Waals surface area contributed by atoms with E-state index in [-0.39, 0.29) is 6.04 Å². The fraction of sp³-hybridized carbons (Fsp3) is 0.526. The molecule has 0 aliphatic carbocycles. The van der Waals surface area contributed by atoms with Gasteiger partial charge in [-0.2, -0.15) is 0 Å². The Hall–Kier alpha value is -1.45. The average molecular weight is 297 g/mol. The molecule has 22 heavy (non-hydrogen) atoms. The molecule has 2 N–H and O–H groups in total. The van der Waals surface area contributed by atoms with Crippen LogP contribution in [0.5, 0.6) is 0 Å². The smallest absolute Gasteiger partial charge is 0.0709 e. The van der Waals surface area contributed by atoms with Crippen molar-refractivity contribution in [3.63, 3.8) is 0 Å². The van der Waals surface area contributed by atoms with E-state index in [0.717, 1.165) is 31.6 Å². The highest BCUT2D eigenvalue weighted by Crippen LogP contribution is 2.33. The number of nitrogens with zero attached hydrogens (tertiary/aromatic N) is 2. The Morgan fingerprint density at radius 1 is 1.27 bits per heavy atom. The van der Waals surface area contributed by atoms with Crippen LogP contribution in [-0.4, -0.2) is 23.0 Å². The molecule has 1 unspecified atom stereocenters. The molecule has 0 bridgehead atoms. The third kappa shape index (κ3) is 2.64. The Morgan fingerprint density at radius 3 is 2.68 bits per heavy atom. The molecule has 3 nitrogen and oxygen atoms in total. The fourth-order valence-electron chi connectivity index (χ4n) is 3.50. The molecule has 1 aromatic heterocycles. The van der Waals surface area contributed by atoms with Gasteiger partial charge < -0.3 is 5.73 Å². The number of aromatic nitrogens is 1. The van der Waals surface area contributed by atoms with Gasteiger partial charge >= 0.3 is 0 Å². The lowest BCUT2D eigenvalue weighted by molar-refractivity contribution is 0.264. The third-order valence-electron chi connectivity index (χ3n) is 4.86. The quantitative estimate of drug-likeness (QED) is 0.938. The van der Waals surface area contributed by atoms with E-state index in [4.69, 9.17) is 10.7 Å². The summed E-state index contributed by atoms with van der Waals surface area (Å²) in [5.41, 5.74) is 12.8. The lowest BCUT2D eigenvalue weighted by atomic mass is 9.90. The standard InChI is InChI=1S/C19H27N3/c1-5-22-9-8-18-16(11-22)19(13(4)20)15-10-14(12(2)3)6-7-17(15)21-18/h6-7,10,12-13H,5,8-9,11,20H2,1-4H3. The summed E-state index contributed by atoms with van der Waals surface area (Å²) in [5.74, 6) is 0.522. The molecule has 2 heterocycles. The van der Waals surface area contributed by atoms with Crippen LogP contribution in [0.1, 0.15) is 62.0 Å². The minimum Gasteiger partial charge on any atom is -0.324 e.